The third-order valence-electron chi connectivity index (χ3n) is 4.05. The molecule has 98 valence electrons. The van der Waals surface area contributed by atoms with E-state index in [0.717, 1.165) is 30.0 Å². The fourth-order valence-corrected chi connectivity index (χ4v) is 2.96. The number of nitrogen functional groups attached to an aromatic ring is 1. The summed E-state index contributed by atoms with van der Waals surface area (Å²) in [5.41, 5.74) is 7.53. The minimum absolute atomic E-state index is 0.244. The van der Waals surface area contributed by atoms with E-state index in [1.165, 1.54) is 25.7 Å². The maximum atomic E-state index is 6.01. The Bertz CT molecular complexity index is 437. The predicted molar refractivity (Wildman–Crippen MR) is 70.2 cm³/mol. The van der Waals surface area contributed by atoms with Crippen molar-refractivity contribution in [1.29, 1.82) is 0 Å². The van der Waals surface area contributed by atoms with Crippen molar-refractivity contribution in [3.63, 3.8) is 0 Å². The van der Waals surface area contributed by atoms with Crippen LogP contribution in [0.25, 0.3) is 0 Å². The van der Waals surface area contributed by atoms with Crippen LogP contribution in [-0.2, 0) is 10.3 Å². The third-order valence-corrected chi connectivity index (χ3v) is 4.05. The van der Waals surface area contributed by atoms with E-state index >= 15 is 0 Å². The minimum atomic E-state index is -0.244. The molecule has 2 fully saturated rings. The maximum absolute atomic E-state index is 6.01. The van der Waals surface area contributed by atoms with Crippen molar-refractivity contribution < 1.29 is 4.74 Å². The van der Waals surface area contributed by atoms with E-state index in [1.54, 1.807) is 6.20 Å². The molecule has 0 amide bonds. The molecule has 3 rings (SSSR count). The number of aromatic nitrogens is 2. The Morgan fingerprint density at radius 1 is 1.39 bits per heavy atom. The molecule has 0 aliphatic heterocycles. The summed E-state index contributed by atoms with van der Waals surface area (Å²) in [6.07, 6.45) is 8.67. The lowest BCUT2D eigenvalue weighted by molar-refractivity contribution is -0.0458. The summed E-state index contributed by atoms with van der Waals surface area (Å²) in [4.78, 5) is 9.21. The van der Waals surface area contributed by atoms with Crippen LogP contribution in [0.4, 0.5) is 5.69 Å². The fourth-order valence-electron chi connectivity index (χ4n) is 2.96. The van der Waals surface area contributed by atoms with Crippen molar-refractivity contribution in [2.75, 3.05) is 12.3 Å². The van der Waals surface area contributed by atoms with Crippen LogP contribution in [0.3, 0.4) is 0 Å². The second kappa shape index (κ2) is 4.50. The molecule has 0 atom stereocenters. The van der Waals surface area contributed by atoms with Crippen molar-refractivity contribution in [2.45, 2.75) is 57.0 Å². The summed E-state index contributed by atoms with van der Waals surface area (Å²) < 4.78 is 6.01. The van der Waals surface area contributed by atoms with E-state index in [-0.39, 0.29) is 5.60 Å². The van der Waals surface area contributed by atoms with Gasteiger partial charge in [-0.15, -0.1) is 0 Å². The molecule has 0 unspecified atom stereocenters. The standard InChI is InChI=1S/C14H21N3O/c1-2-18-14(7-3-4-8-14)13-16-9-11(15)12(17-13)10-5-6-10/h9-10H,2-8,15H2,1H3. The van der Waals surface area contributed by atoms with Gasteiger partial charge in [-0.05, 0) is 45.4 Å². The highest BCUT2D eigenvalue weighted by Crippen LogP contribution is 2.44. The van der Waals surface area contributed by atoms with Crippen LogP contribution in [-0.4, -0.2) is 16.6 Å². The number of nitrogens with two attached hydrogens (primary N) is 1. The van der Waals surface area contributed by atoms with Crippen LogP contribution >= 0.6 is 0 Å². The highest BCUT2D eigenvalue weighted by molar-refractivity contribution is 5.44. The Balaban J connectivity index is 1.96. The molecule has 1 aromatic heterocycles. The van der Waals surface area contributed by atoms with Crippen molar-refractivity contribution in [2.24, 2.45) is 0 Å². The first-order valence-electron chi connectivity index (χ1n) is 7.02. The zero-order chi connectivity index (χ0) is 12.6. The van der Waals surface area contributed by atoms with Gasteiger partial charge >= 0.3 is 0 Å². The van der Waals surface area contributed by atoms with Crippen molar-refractivity contribution in [3.8, 4) is 0 Å². The van der Waals surface area contributed by atoms with Gasteiger partial charge in [0.25, 0.3) is 0 Å². The number of hydrogen-bond acceptors (Lipinski definition) is 4. The first kappa shape index (κ1) is 11.9. The summed E-state index contributed by atoms with van der Waals surface area (Å²) in [5.74, 6) is 1.42. The SMILES string of the molecule is CCOC1(c2ncc(N)c(C3CC3)n2)CCCC1. The Labute approximate surface area is 108 Å². The topological polar surface area (TPSA) is 61.0 Å². The Kier molecular flexibility index (Phi) is 2.98. The van der Waals surface area contributed by atoms with Crippen molar-refractivity contribution in [1.82, 2.24) is 9.97 Å². The lowest BCUT2D eigenvalue weighted by Gasteiger charge is -2.27. The molecule has 0 saturated heterocycles. The minimum Gasteiger partial charge on any atom is -0.396 e. The van der Waals surface area contributed by atoms with Crippen molar-refractivity contribution >= 4 is 5.69 Å². The Morgan fingerprint density at radius 2 is 2.11 bits per heavy atom. The molecule has 0 spiro atoms. The monoisotopic (exact) mass is 247 g/mol. The second-order valence-corrected chi connectivity index (χ2v) is 5.44. The predicted octanol–water partition coefficient (Wildman–Crippen LogP) is 2.74. The molecule has 0 radical (unpaired) electrons. The zero-order valence-corrected chi connectivity index (χ0v) is 11.0. The van der Waals surface area contributed by atoms with Gasteiger partial charge in [-0.3, -0.25) is 0 Å². The van der Waals surface area contributed by atoms with Gasteiger partial charge in [0.15, 0.2) is 5.82 Å². The number of ether oxygens (including phenoxy) is 1. The summed E-state index contributed by atoms with van der Waals surface area (Å²) >= 11 is 0. The molecular formula is C14H21N3O. The first-order chi connectivity index (χ1) is 8.75. The summed E-state index contributed by atoms with van der Waals surface area (Å²) in [7, 11) is 0. The first-order valence-corrected chi connectivity index (χ1v) is 7.02. The van der Waals surface area contributed by atoms with Crippen LogP contribution < -0.4 is 5.73 Å². The van der Waals surface area contributed by atoms with Gasteiger partial charge in [-0.2, -0.15) is 0 Å². The molecule has 1 heterocycles. The van der Waals surface area contributed by atoms with E-state index in [2.05, 4.69) is 4.98 Å². The normalized spacial score (nSPS) is 22.3. The lowest BCUT2D eigenvalue weighted by atomic mass is 10.0. The quantitative estimate of drug-likeness (QED) is 0.888. The van der Waals surface area contributed by atoms with E-state index in [9.17, 15) is 0 Å². The van der Waals surface area contributed by atoms with E-state index < -0.39 is 0 Å². The molecule has 2 N–H and O–H groups in total. The average molecular weight is 247 g/mol. The zero-order valence-electron chi connectivity index (χ0n) is 11.0. The molecule has 1 aromatic rings. The van der Waals surface area contributed by atoms with Gasteiger partial charge in [0, 0.05) is 12.5 Å². The summed E-state index contributed by atoms with van der Waals surface area (Å²) in [5, 5.41) is 0. The van der Waals surface area contributed by atoms with Gasteiger partial charge in [0.1, 0.15) is 5.60 Å². The average Bonchev–Trinajstić information content (AvgIpc) is 3.10. The van der Waals surface area contributed by atoms with Gasteiger partial charge in [-0.1, -0.05) is 0 Å². The van der Waals surface area contributed by atoms with E-state index in [4.69, 9.17) is 15.5 Å². The lowest BCUT2D eigenvalue weighted by Crippen LogP contribution is -2.29. The highest BCUT2D eigenvalue weighted by Gasteiger charge is 2.40. The number of hydrogen-bond donors (Lipinski definition) is 1. The molecular weight excluding hydrogens is 226 g/mol. The van der Waals surface area contributed by atoms with Gasteiger partial charge in [0.2, 0.25) is 0 Å². The highest BCUT2D eigenvalue weighted by atomic mass is 16.5. The smallest absolute Gasteiger partial charge is 0.160 e. The van der Waals surface area contributed by atoms with Gasteiger partial charge in [-0.25, -0.2) is 9.97 Å². The summed E-state index contributed by atoms with van der Waals surface area (Å²) in [6.45, 7) is 2.76. The third kappa shape index (κ3) is 1.99. The van der Waals surface area contributed by atoms with Gasteiger partial charge < -0.3 is 10.5 Å². The molecule has 4 heteroatoms. The summed E-state index contributed by atoms with van der Waals surface area (Å²) in [6, 6.07) is 0. The molecule has 18 heavy (non-hydrogen) atoms. The molecule has 2 saturated carbocycles. The second-order valence-electron chi connectivity index (χ2n) is 5.44. The molecule has 0 bridgehead atoms. The van der Waals surface area contributed by atoms with Gasteiger partial charge in [0.05, 0.1) is 17.6 Å². The molecule has 2 aliphatic carbocycles. The largest absolute Gasteiger partial charge is 0.396 e. The fraction of sp³-hybridized carbons (Fsp3) is 0.714. The van der Waals surface area contributed by atoms with Crippen LogP contribution in [0.5, 0.6) is 0 Å². The van der Waals surface area contributed by atoms with Crippen molar-refractivity contribution in [3.05, 3.63) is 17.7 Å². The molecule has 4 nitrogen and oxygen atoms in total. The number of nitrogens with zero attached hydrogens (tertiary/aromatic N) is 2. The van der Waals surface area contributed by atoms with E-state index in [1.807, 2.05) is 6.92 Å². The van der Waals surface area contributed by atoms with Crippen LogP contribution in [0.15, 0.2) is 6.20 Å². The Hall–Kier alpha value is -1.16. The van der Waals surface area contributed by atoms with E-state index in [0.29, 0.717) is 12.5 Å². The van der Waals surface area contributed by atoms with Crippen LogP contribution in [0.1, 0.15) is 62.9 Å². The number of rotatable bonds is 4. The molecule has 0 aromatic carbocycles. The molecule has 2 aliphatic rings. The maximum Gasteiger partial charge on any atom is 0.160 e. The van der Waals surface area contributed by atoms with Crippen LogP contribution in [0.2, 0.25) is 0 Å². The van der Waals surface area contributed by atoms with Crippen LogP contribution in [0, 0.1) is 0 Å². The number of anilines is 1. The Morgan fingerprint density at radius 3 is 2.72 bits per heavy atom.